The third-order valence-corrected chi connectivity index (χ3v) is 4.60. The van der Waals surface area contributed by atoms with Crippen LogP contribution < -0.4 is 9.47 Å². The smallest absolute Gasteiger partial charge is 0.276 e. The number of piperidine rings is 1. The number of benzene rings is 1. The van der Waals surface area contributed by atoms with Crippen molar-refractivity contribution in [3.8, 4) is 11.5 Å². The SMILES string of the molecule is COc1cc(F)ccc1O[C@@H]1CCN(C(=O)c2cc(CC(C)C)on2)C[C@H]1O. The van der Waals surface area contributed by atoms with E-state index in [1.54, 1.807) is 6.07 Å². The number of carbonyl (C=O) groups is 1. The summed E-state index contributed by atoms with van der Waals surface area (Å²) >= 11 is 0. The van der Waals surface area contributed by atoms with Gasteiger partial charge in [0.1, 0.15) is 23.8 Å². The normalized spacial score (nSPS) is 19.7. The molecule has 1 N–H and O–H groups in total. The minimum atomic E-state index is -0.894. The van der Waals surface area contributed by atoms with Crippen molar-refractivity contribution in [2.45, 2.75) is 38.9 Å². The third-order valence-electron chi connectivity index (χ3n) is 4.60. The molecule has 0 radical (unpaired) electrons. The molecule has 2 aromatic rings. The van der Waals surface area contributed by atoms with Crippen LogP contribution in [-0.2, 0) is 6.42 Å². The number of nitrogens with zero attached hydrogens (tertiary/aromatic N) is 2. The lowest BCUT2D eigenvalue weighted by Crippen LogP contribution is -2.51. The second kappa shape index (κ2) is 8.60. The second-order valence-electron chi connectivity index (χ2n) is 7.34. The number of β-amino-alcohol motifs (C(OH)–C–C–N with tert-alkyl or cyclic N) is 1. The van der Waals surface area contributed by atoms with E-state index in [0.717, 1.165) is 0 Å². The Morgan fingerprint density at radius 1 is 1.39 bits per heavy atom. The summed E-state index contributed by atoms with van der Waals surface area (Å²) in [7, 11) is 1.42. The molecular formula is C20H25FN2O5. The topological polar surface area (TPSA) is 85.0 Å². The molecule has 1 amide bonds. The fraction of sp³-hybridized carbons (Fsp3) is 0.500. The van der Waals surface area contributed by atoms with Gasteiger partial charge in [-0.1, -0.05) is 19.0 Å². The van der Waals surface area contributed by atoms with Crippen LogP contribution in [0.4, 0.5) is 4.39 Å². The maximum Gasteiger partial charge on any atom is 0.276 e. The van der Waals surface area contributed by atoms with Gasteiger partial charge in [-0.3, -0.25) is 4.79 Å². The zero-order valence-corrected chi connectivity index (χ0v) is 16.2. The predicted octanol–water partition coefficient (Wildman–Crippen LogP) is 2.68. The van der Waals surface area contributed by atoms with Crippen molar-refractivity contribution >= 4 is 5.91 Å². The fourth-order valence-corrected chi connectivity index (χ4v) is 3.21. The second-order valence-corrected chi connectivity index (χ2v) is 7.34. The summed E-state index contributed by atoms with van der Waals surface area (Å²) in [4.78, 5) is 14.2. The molecule has 28 heavy (non-hydrogen) atoms. The van der Waals surface area contributed by atoms with Crippen molar-refractivity contribution in [3.05, 3.63) is 41.5 Å². The molecular weight excluding hydrogens is 367 g/mol. The Morgan fingerprint density at radius 2 is 2.18 bits per heavy atom. The van der Waals surface area contributed by atoms with Gasteiger partial charge >= 0.3 is 0 Å². The molecule has 3 rings (SSSR count). The van der Waals surface area contributed by atoms with E-state index in [1.165, 1.54) is 30.2 Å². The number of amides is 1. The average Bonchev–Trinajstić information content (AvgIpc) is 3.11. The van der Waals surface area contributed by atoms with Gasteiger partial charge in [-0.2, -0.15) is 0 Å². The van der Waals surface area contributed by atoms with E-state index in [-0.39, 0.29) is 23.9 Å². The molecule has 1 fully saturated rings. The molecule has 0 aliphatic carbocycles. The van der Waals surface area contributed by atoms with E-state index in [2.05, 4.69) is 19.0 Å². The van der Waals surface area contributed by atoms with Crippen molar-refractivity contribution in [2.75, 3.05) is 20.2 Å². The summed E-state index contributed by atoms with van der Waals surface area (Å²) in [6, 6.07) is 5.60. The van der Waals surface area contributed by atoms with E-state index >= 15 is 0 Å². The molecule has 0 spiro atoms. The molecule has 2 heterocycles. The number of aliphatic hydroxyl groups is 1. The summed E-state index contributed by atoms with van der Waals surface area (Å²) in [5.41, 5.74) is 0.238. The van der Waals surface area contributed by atoms with Crippen LogP contribution in [0.25, 0.3) is 0 Å². The summed E-state index contributed by atoms with van der Waals surface area (Å²) < 4.78 is 29.5. The Hall–Kier alpha value is -2.61. The molecule has 0 unspecified atom stereocenters. The predicted molar refractivity (Wildman–Crippen MR) is 98.9 cm³/mol. The van der Waals surface area contributed by atoms with Crippen molar-refractivity contribution in [2.24, 2.45) is 5.92 Å². The van der Waals surface area contributed by atoms with Crippen LogP contribution in [0.15, 0.2) is 28.8 Å². The number of rotatable bonds is 6. The van der Waals surface area contributed by atoms with Crippen LogP contribution in [0.2, 0.25) is 0 Å². The molecule has 152 valence electrons. The first-order valence-corrected chi connectivity index (χ1v) is 9.30. The Balaban J connectivity index is 1.62. The average molecular weight is 392 g/mol. The van der Waals surface area contributed by atoms with Crippen molar-refractivity contribution in [3.63, 3.8) is 0 Å². The summed E-state index contributed by atoms with van der Waals surface area (Å²) in [5, 5.41) is 14.3. The number of halogens is 1. The van der Waals surface area contributed by atoms with Gasteiger partial charge in [0.05, 0.1) is 13.7 Å². The largest absolute Gasteiger partial charge is 0.493 e. The van der Waals surface area contributed by atoms with E-state index in [4.69, 9.17) is 14.0 Å². The van der Waals surface area contributed by atoms with Crippen molar-refractivity contribution < 1.29 is 28.3 Å². The van der Waals surface area contributed by atoms with Gasteiger partial charge in [-0.25, -0.2) is 4.39 Å². The standard InChI is InChI=1S/C20H25FN2O5/c1-12(2)8-14-10-15(22-28-14)20(25)23-7-6-17(16(24)11-23)27-18-5-4-13(21)9-19(18)26-3/h4-5,9-10,12,16-17,24H,6-8,11H2,1-3H3/t16-,17-/m1/s1. The lowest BCUT2D eigenvalue weighted by Gasteiger charge is -2.35. The van der Waals surface area contributed by atoms with Gasteiger partial charge in [0.15, 0.2) is 17.2 Å². The molecule has 7 nitrogen and oxygen atoms in total. The highest BCUT2D eigenvalue weighted by atomic mass is 19.1. The van der Waals surface area contributed by atoms with Gasteiger partial charge in [0.25, 0.3) is 5.91 Å². The van der Waals surface area contributed by atoms with Gasteiger partial charge in [-0.05, 0) is 18.1 Å². The Bertz CT molecular complexity index is 823. The first-order chi connectivity index (χ1) is 13.4. The Kier molecular flexibility index (Phi) is 6.18. The molecule has 1 aliphatic heterocycles. The fourth-order valence-electron chi connectivity index (χ4n) is 3.21. The maximum absolute atomic E-state index is 13.3. The number of aliphatic hydroxyl groups excluding tert-OH is 1. The molecule has 1 saturated heterocycles. The molecule has 8 heteroatoms. The van der Waals surface area contributed by atoms with E-state index in [1.807, 2.05) is 0 Å². The van der Waals surface area contributed by atoms with Gasteiger partial charge in [-0.15, -0.1) is 0 Å². The third kappa shape index (κ3) is 4.62. The van der Waals surface area contributed by atoms with Gasteiger partial charge in [0, 0.05) is 31.5 Å². The summed E-state index contributed by atoms with van der Waals surface area (Å²) in [6.45, 7) is 4.62. The molecule has 0 bridgehead atoms. The first kappa shape index (κ1) is 20.1. The molecule has 2 atom stereocenters. The number of likely N-dealkylation sites (tertiary alicyclic amines) is 1. The summed E-state index contributed by atoms with van der Waals surface area (Å²) in [5.74, 6) is 0.952. The molecule has 1 aromatic heterocycles. The monoisotopic (exact) mass is 392 g/mol. The highest BCUT2D eigenvalue weighted by Gasteiger charge is 2.33. The Labute approximate surface area is 163 Å². The quantitative estimate of drug-likeness (QED) is 0.814. The molecule has 0 saturated carbocycles. The van der Waals surface area contributed by atoms with Crippen LogP contribution in [-0.4, -0.2) is 53.5 Å². The number of aromatic nitrogens is 1. The zero-order chi connectivity index (χ0) is 20.3. The number of methoxy groups -OCH3 is 1. The van der Waals surface area contributed by atoms with Crippen LogP contribution in [0.3, 0.4) is 0 Å². The van der Waals surface area contributed by atoms with E-state index in [9.17, 15) is 14.3 Å². The van der Waals surface area contributed by atoms with Gasteiger partial charge in [0.2, 0.25) is 0 Å². The van der Waals surface area contributed by atoms with Crippen LogP contribution in [0, 0.1) is 11.7 Å². The minimum Gasteiger partial charge on any atom is -0.493 e. The highest BCUT2D eigenvalue weighted by molar-refractivity contribution is 5.92. The zero-order valence-electron chi connectivity index (χ0n) is 16.2. The number of carbonyl (C=O) groups excluding carboxylic acids is 1. The summed E-state index contributed by atoms with van der Waals surface area (Å²) in [6.07, 6.45) is -0.297. The van der Waals surface area contributed by atoms with Crippen LogP contribution in [0.5, 0.6) is 11.5 Å². The first-order valence-electron chi connectivity index (χ1n) is 9.30. The molecule has 1 aliphatic rings. The van der Waals surface area contributed by atoms with Crippen LogP contribution in [0.1, 0.15) is 36.5 Å². The van der Waals surface area contributed by atoms with Crippen molar-refractivity contribution in [1.29, 1.82) is 0 Å². The Morgan fingerprint density at radius 3 is 2.86 bits per heavy atom. The maximum atomic E-state index is 13.3. The number of hydrogen-bond donors (Lipinski definition) is 1. The van der Waals surface area contributed by atoms with Crippen molar-refractivity contribution in [1.82, 2.24) is 10.1 Å². The van der Waals surface area contributed by atoms with E-state index < -0.39 is 18.0 Å². The highest BCUT2D eigenvalue weighted by Crippen LogP contribution is 2.30. The number of hydrogen-bond acceptors (Lipinski definition) is 6. The lowest BCUT2D eigenvalue weighted by atomic mass is 10.0. The molecule has 1 aromatic carbocycles. The van der Waals surface area contributed by atoms with E-state index in [0.29, 0.717) is 36.8 Å². The number of ether oxygens (including phenoxy) is 2. The lowest BCUT2D eigenvalue weighted by molar-refractivity contribution is -0.0209. The minimum absolute atomic E-state index is 0.111. The van der Waals surface area contributed by atoms with Gasteiger partial charge < -0.3 is 24.0 Å². The van der Waals surface area contributed by atoms with Crippen LogP contribution >= 0.6 is 0 Å².